The van der Waals surface area contributed by atoms with Crippen LogP contribution in [0.5, 0.6) is 0 Å². The van der Waals surface area contributed by atoms with E-state index in [1.807, 2.05) is 35.2 Å². The largest absolute Gasteiger partial charge is 0.378 e. The lowest BCUT2D eigenvalue weighted by atomic mass is 9.76. The molecule has 2 amide bonds. The van der Waals surface area contributed by atoms with Crippen molar-refractivity contribution in [2.24, 2.45) is 0 Å². The SMILES string of the molecule is CN(C)c1ccc2c(c1)[Si](C)(C)c1cc(N(C)C)ccc1C21c2ccccc2C(=O)N1CCCCCN1Cc2ccccc2C1=O. The fourth-order valence-corrected chi connectivity index (χ4v) is 11.3. The molecular formula is C39H44N4O2Si. The number of nitrogens with zero attached hydrogens (tertiary/aromatic N) is 4. The van der Waals surface area contributed by atoms with Gasteiger partial charge in [-0.05, 0) is 88.3 Å². The highest BCUT2D eigenvalue weighted by atomic mass is 28.3. The number of rotatable bonds is 8. The molecule has 3 aliphatic heterocycles. The fourth-order valence-electron chi connectivity index (χ4n) is 8.10. The molecule has 46 heavy (non-hydrogen) atoms. The Labute approximate surface area is 274 Å². The number of fused-ring (bicyclic) bond motifs is 7. The van der Waals surface area contributed by atoms with Gasteiger partial charge in [0.05, 0.1) is 0 Å². The van der Waals surface area contributed by atoms with Crippen LogP contribution in [0, 0.1) is 0 Å². The van der Waals surface area contributed by atoms with Gasteiger partial charge < -0.3 is 19.6 Å². The molecule has 0 N–H and O–H groups in total. The van der Waals surface area contributed by atoms with Gasteiger partial charge in [0.25, 0.3) is 11.8 Å². The van der Waals surface area contributed by atoms with Gasteiger partial charge in [-0.15, -0.1) is 0 Å². The average molecular weight is 629 g/mol. The summed E-state index contributed by atoms with van der Waals surface area (Å²) in [5.41, 5.74) is 8.01. The molecule has 3 heterocycles. The molecule has 1 spiro atoms. The smallest absolute Gasteiger partial charge is 0.255 e. The third-order valence-corrected chi connectivity index (χ3v) is 14.1. The predicted octanol–water partition coefficient (Wildman–Crippen LogP) is 5.53. The van der Waals surface area contributed by atoms with Gasteiger partial charge in [-0.3, -0.25) is 9.59 Å². The molecule has 0 aliphatic carbocycles. The second-order valence-electron chi connectivity index (χ2n) is 14.0. The zero-order chi connectivity index (χ0) is 32.4. The molecule has 0 fully saturated rings. The maximum absolute atomic E-state index is 14.5. The van der Waals surface area contributed by atoms with Crippen molar-refractivity contribution in [2.75, 3.05) is 51.1 Å². The molecular weight excluding hydrogens is 585 g/mol. The number of benzene rings is 4. The summed E-state index contributed by atoms with van der Waals surface area (Å²) in [7, 11) is 6.22. The lowest BCUT2D eigenvalue weighted by Gasteiger charge is -2.49. The minimum absolute atomic E-state index is 0.104. The van der Waals surface area contributed by atoms with Crippen molar-refractivity contribution in [3.05, 3.63) is 118 Å². The van der Waals surface area contributed by atoms with Crippen LogP contribution in [0.25, 0.3) is 0 Å². The number of carbonyl (C=O) groups is 2. The summed E-state index contributed by atoms with van der Waals surface area (Å²) in [5, 5.41) is 2.78. The lowest BCUT2D eigenvalue weighted by Crippen LogP contribution is -2.66. The Morgan fingerprint density at radius 3 is 1.83 bits per heavy atom. The van der Waals surface area contributed by atoms with Gasteiger partial charge in [0.2, 0.25) is 0 Å². The van der Waals surface area contributed by atoms with E-state index in [0.29, 0.717) is 13.1 Å². The van der Waals surface area contributed by atoms with Crippen molar-refractivity contribution in [1.29, 1.82) is 0 Å². The van der Waals surface area contributed by atoms with Gasteiger partial charge in [0.15, 0.2) is 0 Å². The van der Waals surface area contributed by atoms with Crippen molar-refractivity contribution in [3.8, 4) is 0 Å². The standard InChI is InChI=1S/C39H44N4O2Si/c1-40(2)28-18-20-33-35(24-28)46(5,6)36-25-29(41(3)4)19-21-34(36)39(33)32-17-11-10-16-31(32)38(45)43(39)23-13-7-12-22-42-26-27-14-8-9-15-30(27)37(42)44/h8-11,14-21,24-25H,7,12-13,22-23,26H2,1-6H3. The van der Waals surface area contributed by atoms with Crippen LogP contribution >= 0.6 is 0 Å². The van der Waals surface area contributed by atoms with E-state index in [1.165, 1.54) is 32.9 Å². The Balaban J connectivity index is 1.27. The number of hydrogen-bond donors (Lipinski definition) is 0. The summed E-state index contributed by atoms with van der Waals surface area (Å²) in [4.78, 5) is 35.9. The number of amides is 2. The highest BCUT2D eigenvalue weighted by Crippen LogP contribution is 2.51. The molecule has 236 valence electrons. The Hall–Kier alpha value is -4.36. The van der Waals surface area contributed by atoms with Crippen molar-refractivity contribution in [3.63, 3.8) is 0 Å². The molecule has 3 aliphatic rings. The van der Waals surface area contributed by atoms with E-state index in [9.17, 15) is 9.59 Å². The Bertz CT molecular complexity index is 1800. The minimum atomic E-state index is -2.17. The molecule has 6 nitrogen and oxygen atoms in total. The fraction of sp³-hybridized carbons (Fsp3) is 0.333. The maximum Gasteiger partial charge on any atom is 0.255 e. The van der Waals surface area contributed by atoms with Gasteiger partial charge in [0.1, 0.15) is 13.6 Å². The van der Waals surface area contributed by atoms with Gasteiger partial charge >= 0.3 is 0 Å². The Morgan fingerprint density at radius 1 is 0.652 bits per heavy atom. The van der Waals surface area contributed by atoms with Crippen LogP contribution in [0.1, 0.15) is 62.2 Å². The maximum atomic E-state index is 14.5. The third-order valence-electron chi connectivity index (χ3n) is 10.6. The highest BCUT2D eigenvalue weighted by Gasteiger charge is 2.57. The molecule has 7 heteroatoms. The number of unbranched alkanes of at least 4 members (excludes halogenated alkanes) is 2. The van der Waals surface area contributed by atoms with Gasteiger partial charge in [-0.25, -0.2) is 0 Å². The molecule has 0 bridgehead atoms. The van der Waals surface area contributed by atoms with Crippen LogP contribution in [0.15, 0.2) is 84.9 Å². The van der Waals surface area contributed by atoms with Crippen molar-refractivity contribution in [2.45, 2.75) is 44.4 Å². The predicted molar refractivity (Wildman–Crippen MR) is 191 cm³/mol. The molecule has 0 radical (unpaired) electrons. The minimum Gasteiger partial charge on any atom is -0.378 e. The quantitative estimate of drug-likeness (QED) is 0.190. The van der Waals surface area contributed by atoms with Crippen LogP contribution in [0.3, 0.4) is 0 Å². The molecule has 4 aromatic rings. The van der Waals surface area contributed by atoms with Crippen molar-refractivity contribution in [1.82, 2.24) is 9.80 Å². The monoisotopic (exact) mass is 628 g/mol. The van der Waals surface area contributed by atoms with Gasteiger partial charge in [-0.1, -0.05) is 61.6 Å². The second kappa shape index (κ2) is 11.2. The van der Waals surface area contributed by atoms with Crippen LogP contribution in [0.4, 0.5) is 11.4 Å². The molecule has 0 saturated heterocycles. The first-order valence-corrected chi connectivity index (χ1v) is 19.5. The summed E-state index contributed by atoms with van der Waals surface area (Å²) in [6.07, 6.45) is 2.72. The molecule has 0 atom stereocenters. The summed E-state index contributed by atoms with van der Waals surface area (Å²) in [6, 6.07) is 30.0. The highest BCUT2D eigenvalue weighted by molar-refractivity contribution is 7.01. The molecule has 0 saturated carbocycles. The van der Waals surface area contributed by atoms with Crippen molar-refractivity contribution < 1.29 is 9.59 Å². The zero-order valence-electron chi connectivity index (χ0n) is 27.9. The number of anilines is 2. The van der Waals surface area contributed by atoms with E-state index in [2.05, 4.69) is 111 Å². The third kappa shape index (κ3) is 4.42. The first-order chi connectivity index (χ1) is 22.1. The van der Waals surface area contributed by atoms with E-state index < -0.39 is 13.6 Å². The van der Waals surface area contributed by atoms with E-state index in [-0.39, 0.29) is 11.8 Å². The summed E-state index contributed by atoms with van der Waals surface area (Å²) in [5.74, 6) is 0.239. The first-order valence-electron chi connectivity index (χ1n) is 16.5. The van der Waals surface area contributed by atoms with Gasteiger partial charge in [-0.2, -0.15) is 0 Å². The van der Waals surface area contributed by atoms with Crippen molar-refractivity contribution >= 4 is 41.6 Å². The summed E-state index contributed by atoms with van der Waals surface area (Å²) >= 11 is 0. The lowest BCUT2D eigenvalue weighted by molar-refractivity contribution is 0.0673. The van der Waals surface area contributed by atoms with Gasteiger partial charge in [0, 0.05) is 70.3 Å². The normalized spacial score (nSPS) is 16.7. The Morgan fingerprint density at radius 2 is 1.22 bits per heavy atom. The summed E-state index contributed by atoms with van der Waals surface area (Å²) < 4.78 is 0. The molecule has 4 aromatic carbocycles. The summed E-state index contributed by atoms with van der Waals surface area (Å²) in [6.45, 7) is 6.99. The first kappa shape index (κ1) is 30.3. The second-order valence-corrected chi connectivity index (χ2v) is 18.4. The van der Waals surface area contributed by atoms with Crippen LogP contribution in [-0.2, 0) is 12.1 Å². The molecule has 0 unspecified atom stereocenters. The van der Waals surface area contributed by atoms with Crippen LogP contribution in [0.2, 0.25) is 13.1 Å². The molecule has 0 aromatic heterocycles. The van der Waals surface area contributed by atoms with Crippen LogP contribution < -0.4 is 20.2 Å². The topological polar surface area (TPSA) is 47.1 Å². The average Bonchev–Trinajstić information content (AvgIpc) is 3.50. The Kier molecular flexibility index (Phi) is 7.35. The number of hydrogen-bond acceptors (Lipinski definition) is 4. The van der Waals surface area contributed by atoms with E-state index in [1.54, 1.807) is 0 Å². The van der Waals surface area contributed by atoms with Crippen LogP contribution in [-0.4, -0.2) is 71.0 Å². The zero-order valence-corrected chi connectivity index (χ0v) is 28.9. The van der Waals surface area contributed by atoms with E-state index in [4.69, 9.17) is 0 Å². The molecule has 7 rings (SSSR count). The number of carbonyl (C=O) groups excluding carboxylic acids is 2. The van der Waals surface area contributed by atoms with E-state index in [0.717, 1.165) is 48.1 Å². The van der Waals surface area contributed by atoms with E-state index >= 15 is 0 Å².